The van der Waals surface area contributed by atoms with E-state index in [0.29, 0.717) is 0 Å². The van der Waals surface area contributed by atoms with Crippen molar-refractivity contribution in [3.63, 3.8) is 0 Å². The van der Waals surface area contributed by atoms with Crippen molar-refractivity contribution in [1.29, 1.82) is 0 Å². The predicted molar refractivity (Wildman–Crippen MR) is 71.5 cm³/mol. The summed E-state index contributed by atoms with van der Waals surface area (Å²) < 4.78 is 5.38. The summed E-state index contributed by atoms with van der Waals surface area (Å²) in [4.78, 5) is 11.7. The van der Waals surface area contributed by atoms with Crippen molar-refractivity contribution in [2.75, 3.05) is 0 Å². The van der Waals surface area contributed by atoms with Crippen LogP contribution in [0.2, 0.25) is 0 Å². The van der Waals surface area contributed by atoms with Crippen molar-refractivity contribution in [3.8, 4) is 0 Å². The molecule has 1 saturated carbocycles. The fourth-order valence-corrected chi connectivity index (χ4v) is 2.31. The first-order valence-corrected chi connectivity index (χ1v) is 6.69. The molecule has 0 bridgehead atoms. The van der Waals surface area contributed by atoms with Crippen molar-refractivity contribution < 1.29 is 9.53 Å². The van der Waals surface area contributed by atoms with E-state index in [9.17, 15) is 4.79 Å². The lowest BCUT2D eigenvalue weighted by molar-refractivity contribution is 0.0984. The number of benzene rings is 1. The summed E-state index contributed by atoms with van der Waals surface area (Å²) in [6.07, 6.45) is 4.18. The number of carbonyl (C=O) groups is 1. The molecule has 1 amide bonds. The van der Waals surface area contributed by atoms with Crippen LogP contribution in [-0.4, -0.2) is 12.2 Å². The van der Waals surface area contributed by atoms with Gasteiger partial charge >= 0.3 is 6.09 Å². The largest absolute Gasteiger partial charge is 0.446 e. The zero-order valence-corrected chi connectivity index (χ0v) is 11.1. The van der Waals surface area contributed by atoms with Gasteiger partial charge in [0.1, 0.15) is 6.10 Å². The molecule has 1 aromatic rings. The summed E-state index contributed by atoms with van der Waals surface area (Å²) in [6, 6.07) is 8.16. The summed E-state index contributed by atoms with van der Waals surface area (Å²) >= 11 is 0. The van der Waals surface area contributed by atoms with Gasteiger partial charge in [0.2, 0.25) is 0 Å². The van der Waals surface area contributed by atoms with Crippen LogP contribution in [0.15, 0.2) is 24.3 Å². The Bertz CT molecular complexity index is 393. The number of alkyl carbamates (subject to hydrolysis) is 1. The van der Waals surface area contributed by atoms with Crippen LogP contribution >= 0.6 is 0 Å². The molecule has 18 heavy (non-hydrogen) atoms. The zero-order valence-electron chi connectivity index (χ0n) is 11.1. The lowest BCUT2D eigenvalue weighted by Gasteiger charge is -2.17. The molecule has 0 aliphatic heterocycles. The van der Waals surface area contributed by atoms with Crippen molar-refractivity contribution in [2.45, 2.75) is 51.7 Å². The Morgan fingerprint density at radius 1 is 1.28 bits per heavy atom. The van der Waals surface area contributed by atoms with Gasteiger partial charge in [-0.1, -0.05) is 29.8 Å². The molecule has 98 valence electrons. The van der Waals surface area contributed by atoms with Crippen molar-refractivity contribution in [2.24, 2.45) is 0 Å². The molecule has 1 N–H and O–H groups in total. The standard InChI is InChI=1S/C15H21NO2/c1-11-7-9-13(10-8-11)12(2)16-15(17)18-14-5-3-4-6-14/h7-10,12,14H,3-6H2,1-2H3,(H,16,17). The molecule has 1 aromatic carbocycles. The first-order chi connectivity index (χ1) is 8.65. The third kappa shape index (κ3) is 3.49. The molecule has 3 nitrogen and oxygen atoms in total. The molecule has 0 saturated heterocycles. The number of aryl methyl sites for hydroxylation is 1. The number of hydrogen-bond acceptors (Lipinski definition) is 2. The highest BCUT2D eigenvalue weighted by atomic mass is 16.6. The van der Waals surface area contributed by atoms with Crippen LogP contribution in [0.1, 0.15) is 49.8 Å². The van der Waals surface area contributed by atoms with Gasteiger partial charge in [-0.15, -0.1) is 0 Å². The van der Waals surface area contributed by atoms with Gasteiger partial charge in [0.25, 0.3) is 0 Å². The number of ether oxygens (including phenoxy) is 1. The minimum Gasteiger partial charge on any atom is -0.446 e. The van der Waals surface area contributed by atoms with E-state index < -0.39 is 0 Å². The van der Waals surface area contributed by atoms with Crippen LogP contribution in [0.25, 0.3) is 0 Å². The fraction of sp³-hybridized carbons (Fsp3) is 0.533. The quantitative estimate of drug-likeness (QED) is 0.884. The summed E-state index contributed by atoms with van der Waals surface area (Å²) in [7, 11) is 0. The van der Waals surface area contributed by atoms with Crippen molar-refractivity contribution in [1.82, 2.24) is 5.32 Å². The lowest BCUT2D eigenvalue weighted by atomic mass is 10.1. The zero-order chi connectivity index (χ0) is 13.0. The van der Waals surface area contributed by atoms with Gasteiger partial charge in [0.05, 0.1) is 6.04 Å². The molecule has 0 spiro atoms. The highest BCUT2D eigenvalue weighted by Gasteiger charge is 2.20. The van der Waals surface area contributed by atoms with Crippen LogP contribution in [0.4, 0.5) is 4.79 Å². The Hall–Kier alpha value is -1.51. The topological polar surface area (TPSA) is 38.3 Å². The maximum atomic E-state index is 11.7. The van der Waals surface area contributed by atoms with Crippen molar-refractivity contribution in [3.05, 3.63) is 35.4 Å². The monoisotopic (exact) mass is 247 g/mol. The van der Waals surface area contributed by atoms with E-state index in [1.54, 1.807) is 0 Å². The van der Waals surface area contributed by atoms with E-state index in [-0.39, 0.29) is 18.2 Å². The maximum absolute atomic E-state index is 11.7. The second kappa shape index (κ2) is 5.89. The second-order valence-electron chi connectivity index (χ2n) is 5.09. The average molecular weight is 247 g/mol. The third-order valence-corrected chi connectivity index (χ3v) is 3.49. The molecule has 1 unspecified atom stereocenters. The van der Waals surface area contributed by atoms with E-state index >= 15 is 0 Å². The van der Waals surface area contributed by atoms with E-state index in [1.165, 1.54) is 18.4 Å². The molecule has 2 rings (SSSR count). The Morgan fingerprint density at radius 2 is 1.89 bits per heavy atom. The van der Waals surface area contributed by atoms with Crippen LogP contribution in [-0.2, 0) is 4.74 Å². The molecule has 1 fully saturated rings. The Balaban J connectivity index is 1.84. The number of amides is 1. The predicted octanol–water partition coefficient (Wildman–Crippen LogP) is 3.72. The summed E-state index contributed by atoms with van der Waals surface area (Å²) in [5.41, 5.74) is 2.32. The van der Waals surface area contributed by atoms with Crippen LogP contribution < -0.4 is 5.32 Å². The highest BCUT2D eigenvalue weighted by molar-refractivity contribution is 5.68. The fourth-order valence-electron chi connectivity index (χ4n) is 2.31. The number of nitrogens with one attached hydrogen (secondary N) is 1. The Labute approximate surface area is 109 Å². The highest BCUT2D eigenvalue weighted by Crippen LogP contribution is 2.21. The molecule has 0 heterocycles. The summed E-state index contributed by atoms with van der Waals surface area (Å²) in [6.45, 7) is 4.02. The van der Waals surface area contributed by atoms with E-state index in [0.717, 1.165) is 18.4 Å². The molecular weight excluding hydrogens is 226 g/mol. The van der Waals surface area contributed by atoms with Gasteiger partial charge in [0, 0.05) is 0 Å². The van der Waals surface area contributed by atoms with Crippen LogP contribution in [0.5, 0.6) is 0 Å². The second-order valence-corrected chi connectivity index (χ2v) is 5.09. The first-order valence-electron chi connectivity index (χ1n) is 6.69. The normalized spacial score (nSPS) is 17.4. The lowest BCUT2D eigenvalue weighted by Crippen LogP contribution is -2.30. The van der Waals surface area contributed by atoms with Gasteiger partial charge < -0.3 is 10.1 Å². The van der Waals surface area contributed by atoms with Crippen LogP contribution in [0, 0.1) is 6.92 Å². The summed E-state index contributed by atoms with van der Waals surface area (Å²) in [5.74, 6) is 0. The summed E-state index contributed by atoms with van der Waals surface area (Å²) in [5, 5.41) is 2.88. The molecule has 3 heteroatoms. The average Bonchev–Trinajstić information content (AvgIpc) is 2.82. The van der Waals surface area contributed by atoms with E-state index in [1.807, 2.05) is 19.1 Å². The van der Waals surface area contributed by atoms with Gasteiger partial charge in [-0.3, -0.25) is 0 Å². The molecular formula is C15H21NO2. The van der Waals surface area contributed by atoms with E-state index in [4.69, 9.17) is 4.74 Å². The molecule has 0 radical (unpaired) electrons. The Kier molecular flexibility index (Phi) is 4.24. The van der Waals surface area contributed by atoms with Gasteiger partial charge in [0.15, 0.2) is 0 Å². The molecule has 1 aliphatic rings. The molecule has 0 aromatic heterocycles. The SMILES string of the molecule is Cc1ccc(C(C)NC(=O)OC2CCCC2)cc1. The van der Waals surface area contributed by atoms with Gasteiger partial charge in [-0.25, -0.2) is 4.79 Å². The Morgan fingerprint density at radius 3 is 2.50 bits per heavy atom. The molecule has 1 aliphatic carbocycles. The number of rotatable bonds is 3. The maximum Gasteiger partial charge on any atom is 0.407 e. The third-order valence-electron chi connectivity index (χ3n) is 3.49. The minimum absolute atomic E-state index is 0.0143. The first kappa shape index (κ1) is 12.9. The smallest absolute Gasteiger partial charge is 0.407 e. The van der Waals surface area contributed by atoms with Crippen LogP contribution in [0.3, 0.4) is 0 Å². The minimum atomic E-state index is -0.296. The van der Waals surface area contributed by atoms with Gasteiger partial charge in [-0.05, 0) is 45.1 Å². The van der Waals surface area contributed by atoms with Gasteiger partial charge in [-0.2, -0.15) is 0 Å². The number of hydrogen-bond donors (Lipinski definition) is 1. The number of carbonyl (C=O) groups excluding carboxylic acids is 1. The molecule has 1 atom stereocenters. The van der Waals surface area contributed by atoms with Crippen molar-refractivity contribution >= 4 is 6.09 Å². The van der Waals surface area contributed by atoms with E-state index in [2.05, 4.69) is 24.4 Å².